The Morgan fingerprint density at radius 1 is 1.20 bits per heavy atom. The standard InChI is InChI=1S/C20H24F4N2O4/c1-3-7-25-19(26(8-9-27)11-5-6-11)14(20(29)30-4-2)18(28)12-10-13(21)16(23)17(24)15(12)22/h10-11,27-28H,3-9H2,1-2H3. The first-order valence-electron chi connectivity index (χ1n) is 9.64. The third kappa shape index (κ3) is 5.10. The Hall–Kier alpha value is -2.62. The van der Waals surface area contributed by atoms with E-state index in [1.165, 1.54) is 6.92 Å². The summed E-state index contributed by atoms with van der Waals surface area (Å²) in [7, 11) is 0. The van der Waals surface area contributed by atoms with E-state index in [1.807, 2.05) is 6.92 Å². The van der Waals surface area contributed by atoms with Gasteiger partial charge in [0.25, 0.3) is 0 Å². The number of esters is 1. The van der Waals surface area contributed by atoms with E-state index < -0.39 is 46.1 Å². The van der Waals surface area contributed by atoms with Gasteiger partial charge in [0.05, 0.1) is 18.8 Å². The van der Waals surface area contributed by atoms with Gasteiger partial charge in [0.1, 0.15) is 17.2 Å². The van der Waals surface area contributed by atoms with Crippen molar-refractivity contribution in [1.82, 2.24) is 4.90 Å². The van der Waals surface area contributed by atoms with Crippen LogP contribution in [-0.2, 0) is 9.53 Å². The zero-order valence-electron chi connectivity index (χ0n) is 16.7. The van der Waals surface area contributed by atoms with Gasteiger partial charge in [0.15, 0.2) is 23.3 Å². The number of amidine groups is 1. The second-order valence-electron chi connectivity index (χ2n) is 6.65. The molecule has 1 aliphatic rings. The van der Waals surface area contributed by atoms with E-state index in [-0.39, 0.29) is 44.2 Å². The van der Waals surface area contributed by atoms with E-state index >= 15 is 0 Å². The second-order valence-corrected chi connectivity index (χ2v) is 6.65. The SMILES string of the molecule is CCCN=C(C(C(=O)OCC)=C(O)c1cc(F)c(F)c(F)c1F)N(CCO)C1CC1. The molecule has 30 heavy (non-hydrogen) atoms. The van der Waals surface area contributed by atoms with Gasteiger partial charge in [-0.3, -0.25) is 4.99 Å². The van der Waals surface area contributed by atoms with Gasteiger partial charge >= 0.3 is 5.97 Å². The molecule has 0 heterocycles. The quantitative estimate of drug-likeness (QED) is 0.0914. The second kappa shape index (κ2) is 10.4. The molecule has 2 rings (SSSR count). The first kappa shape index (κ1) is 23.7. The summed E-state index contributed by atoms with van der Waals surface area (Å²) in [4.78, 5) is 18.5. The van der Waals surface area contributed by atoms with Crippen LogP contribution in [0.5, 0.6) is 0 Å². The molecule has 0 unspecified atom stereocenters. The van der Waals surface area contributed by atoms with Crippen LogP contribution in [0.4, 0.5) is 17.6 Å². The number of hydrogen-bond donors (Lipinski definition) is 2. The molecule has 6 nitrogen and oxygen atoms in total. The van der Waals surface area contributed by atoms with Crippen LogP contribution in [0.25, 0.3) is 5.76 Å². The monoisotopic (exact) mass is 432 g/mol. The first-order chi connectivity index (χ1) is 14.3. The molecule has 0 aliphatic heterocycles. The average molecular weight is 432 g/mol. The van der Waals surface area contributed by atoms with Crippen LogP contribution in [0, 0.1) is 23.3 Å². The van der Waals surface area contributed by atoms with E-state index in [0.717, 1.165) is 12.8 Å². The molecule has 0 spiro atoms. The number of ether oxygens (including phenoxy) is 1. The highest BCUT2D eigenvalue weighted by Gasteiger charge is 2.37. The van der Waals surface area contributed by atoms with E-state index in [4.69, 9.17) is 4.74 Å². The number of halogens is 4. The molecular formula is C20H24F4N2O4. The minimum atomic E-state index is -2.12. The molecule has 1 aromatic rings. The molecule has 0 saturated heterocycles. The normalized spacial score (nSPS) is 15.1. The maximum absolute atomic E-state index is 14.3. The number of nitrogens with zero attached hydrogens (tertiary/aromatic N) is 2. The number of benzene rings is 1. The lowest BCUT2D eigenvalue weighted by Gasteiger charge is -2.27. The van der Waals surface area contributed by atoms with Gasteiger partial charge in [-0.1, -0.05) is 6.92 Å². The van der Waals surface area contributed by atoms with Crippen molar-refractivity contribution in [2.45, 2.75) is 39.2 Å². The number of carbonyl (C=O) groups is 1. The fourth-order valence-corrected chi connectivity index (χ4v) is 2.86. The fraction of sp³-hybridized carbons (Fsp3) is 0.500. The molecule has 0 amide bonds. The van der Waals surface area contributed by atoms with Crippen molar-refractivity contribution in [2.24, 2.45) is 4.99 Å². The van der Waals surface area contributed by atoms with Crippen molar-refractivity contribution in [2.75, 3.05) is 26.3 Å². The molecule has 2 N–H and O–H groups in total. The Bertz CT molecular complexity index is 854. The molecule has 1 fully saturated rings. The number of hydrogen-bond acceptors (Lipinski definition) is 5. The third-order valence-corrected chi connectivity index (χ3v) is 4.38. The number of aliphatic hydroxyl groups is 2. The van der Waals surface area contributed by atoms with E-state index in [1.54, 1.807) is 4.90 Å². The molecular weight excluding hydrogens is 408 g/mol. The van der Waals surface area contributed by atoms with Crippen molar-refractivity contribution in [3.05, 3.63) is 40.5 Å². The Morgan fingerprint density at radius 3 is 2.40 bits per heavy atom. The summed E-state index contributed by atoms with van der Waals surface area (Å²) in [5, 5.41) is 20.1. The number of aliphatic imine (C=N–C) groups is 1. The Morgan fingerprint density at radius 2 is 1.87 bits per heavy atom. The van der Waals surface area contributed by atoms with Crippen LogP contribution >= 0.6 is 0 Å². The maximum atomic E-state index is 14.3. The number of rotatable bonds is 9. The van der Waals surface area contributed by atoms with Gasteiger partial charge in [-0.25, -0.2) is 22.4 Å². The van der Waals surface area contributed by atoms with Crippen LogP contribution in [0.2, 0.25) is 0 Å². The van der Waals surface area contributed by atoms with Gasteiger partial charge < -0.3 is 19.8 Å². The molecule has 10 heteroatoms. The largest absolute Gasteiger partial charge is 0.506 e. The summed E-state index contributed by atoms with van der Waals surface area (Å²) in [6.45, 7) is 3.18. The highest BCUT2D eigenvalue weighted by atomic mass is 19.2. The van der Waals surface area contributed by atoms with Crippen molar-refractivity contribution in [1.29, 1.82) is 0 Å². The molecule has 0 radical (unpaired) electrons. The van der Waals surface area contributed by atoms with Crippen molar-refractivity contribution in [3.8, 4) is 0 Å². The zero-order valence-corrected chi connectivity index (χ0v) is 16.7. The Balaban J connectivity index is 2.75. The number of carbonyl (C=O) groups excluding carboxylic acids is 1. The van der Waals surface area contributed by atoms with Gasteiger partial charge in [-0.15, -0.1) is 0 Å². The topological polar surface area (TPSA) is 82.4 Å². The summed E-state index contributed by atoms with van der Waals surface area (Å²) in [6.07, 6.45) is 2.03. The predicted molar refractivity (Wildman–Crippen MR) is 102 cm³/mol. The van der Waals surface area contributed by atoms with Gasteiger partial charge in [-0.05, 0) is 32.3 Å². The summed E-state index contributed by atoms with van der Waals surface area (Å²) in [6, 6.07) is 0.171. The maximum Gasteiger partial charge on any atom is 0.345 e. The lowest BCUT2D eigenvalue weighted by Crippen LogP contribution is -2.39. The Labute approximate surface area is 171 Å². The average Bonchev–Trinajstić information content (AvgIpc) is 3.55. The summed E-state index contributed by atoms with van der Waals surface area (Å²) < 4.78 is 60.1. The minimum Gasteiger partial charge on any atom is -0.506 e. The number of aliphatic hydroxyl groups excluding tert-OH is 2. The van der Waals surface area contributed by atoms with Crippen LogP contribution in [-0.4, -0.2) is 59.3 Å². The molecule has 1 aromatic carbocycles. The third-order valence-electron chi connectivity index (χ3n) is 4.38. The molecule has 166 valence electrons. The molecule has 1 aliphatic carbocycles. The van der Waals surface area contributed by atoms with Crippen LogP contribution in [0.15, 0.2) is 16.6 Å². The summed E-state index contributed by atoms with van der Waals surface area (Å²) in [5.74, 6) is -10.1. The molecule has 1 saturated carbocycles. The Kier molecular flexibility index (Phi) is 8.22. The van der Waals surface area contributed by atoms with Crippen molar-refractivity contribution >= 4 is 17.6 Å². The predicted octanol–water partition coefficient (Wildman–Crippen LogP) is 3.34. The molecule has 0 atom stereocenters. The van der Waals surface area contributed by atoms with E-state index in [2.05, 4.69) is 4.99 Å². The summed E-state index contributed by atoms with van der Waals surface area (Å²) in [5.41, 5.74) is -1.66. The summed E-state index contributed by atoms with van der Waals surface area (Å²) >= 11 is 0. The minimum absolute atomic E-state index is 0.0536. The van der Waals surface area contributed by atoms with Crippen LogP contribution < -0.4 is 0 Å². The van der Waals surface area contributed by atoms with E-state index in [0.29, 0.717) is 6.42 Å². The highest BCUT2D eigenvalue weighted by molar-refractivity contribution is 6.23. The highest BCUT2D eigenvalue weighted by Crippen LogP contribution is 2.32. The van der Waals surface area contributed by atoms with Crippen LogP contribution in [0.1, 0.15) is 38.7 Å². The fourth-order valence-electron chi connectivity index (χ4n) is 2.86. The van der Waals surface area contributed by atoms with Gasteiger partial charge in [0.2, 0.25) is 0 Å². The molecule has 0 aromatic heterocycles. The zero-order chi connectivity index (χ0) is 22.4. The lowest BCUT2D eigenvalue weighted by atomic mass is 10.0. The van der Waals surface area contributed by atoms with Gasteiger partial charge in [-0.2, -0.15) is 0 Å². The van der Waals surface area contributed by atoms with Crippen molar-refractivity contribution < 1.29 is 37.3 Å². The first-order valence-corrected chi connectivity index (χ1v) is 9.64. The molecule has 0 bridgehead atoms. The smallest absolute Gasteiger partial charge is 0.345 e. The van der Waals surface area contributed by atoms with Crippen LogP contribution in [0.3, 0.4) is 0 Å². The van der Waals surface area contributed by atoms with Gasteiger partial charge in [0, 0.05) is 19.1 Å². The van der Waals surface area contributed by atoms with Crippen molar-refractivity contribution in [3.63, 3.8) is 0 Å². The van der Waals surface area contributed by atoms with E-state index in [9.17, 15) is 32.6 Å². The lowest BCUT2D eigenvalue weighted by molar-refractivity contribution is -0.137.